The number of esters is 1. The van der Waals surface area contributed by atoms with Crippen LogP contribution >= 0.6 is 11.8 Å². The molecule has 1 aromatic rings. The van der Waals surface area contributed by atoms with E-state index in [9.17, 15) is 14.4 Å². The Hall–Kier alpha value is -2.66. The number of rotatable bonds is 7. The number of carbonyl (C=O) groups excluding carboxylic acids is 3. The molecule has 1 amide bonds. The molecule has 26 heavy (non-hydrogen) atoms. The van der Waals surface area contributed by atoms with Gasteiger partial charge >= 0.3 is 5.97 Å². The van der Waals surface area contributed by atoms with Crippen LogP contribution in [0.25, 0.3) is 0 Å². The van der Waals surface area contributed by atoms with E-state index >= 15 is 0 Å². The number of anilines is 1. The van der Waals surface area contributed by atoms with Crippen LogP contribution in [-0.4, -0.2) is 42.8 Å². The summed E-state index contributed by atoms with van der Waals surface area (Å²) in [5, 5.41) is 16.3. The van der Waals surface area contributed by atoms with E-state index < -0.39 is 30.2 Å². The first-order valence-electron chi connectivity index (χ1n) is 7.95. The molecule has 0 radical (unpaired) electrons. The average molecular weight is 373 g/mol. The van der Waals surface area contributed by atoms with Gasteiger partial charge < -0.3 is 15.0 Å². The molecule has 1 saturated heterocycles. The van der Waals surface area contributed by atoms with Crippen LogP contribution in [0.1, 0.15) is 13.3 Å². The van der Waals surface area contributed by atoms with Crippen molar-refractivity contribution in [3.63, 3.8) is 0 Å². The molecule has 1 aromatic carbocycles. The summed E-state index contributed by atoms with van der Waals surface area (Å²) in [4.78, 5) is 38.8. The number of carbonyl (C=O) groups is 3. The van der Waals surface area contributed by atoms with Crippen LogP contribution in [0.3, 0.4) is 0 Å². The maximum absolute atomic E-state index is 12.2. The molecular weight excluding hydrogens is 354 g/mol. The van der Waals surface area contributed by atoms with Crippen molar-refractivity contribution in [1.82, 2.24) is 0 Å². The molecule has 1 heterocycles. The number of hydrogen-bond donors (Lipinski definition) is 1. The molecule has 7 nitrogen and oxygen atoms in total. The first-order valence-corrected chi connectivity index (χ1v) is 9.18. The fourth-order valence-corrected chi connectivity index (χ4v) is 3.10. The van der Waals surface area contributed by atoms with E-state index in [1.165, 1.54) is 11.8 Å². The number of nitrogens with one attached hydrogen (secondary N) is 1. The normalized spacial score (nSPS) is 17.5. The smallest absolute Gasteiger partial charge is 0.311 e. The highest BCUT2D eigenvalue weighted by Gasteiger charge is 2.36. The Morgan fingerprint density at radius 1 is 1.50 bits per heavy atom. The summed E-state index contributed by atoms with van der Waals surface area (Å²) in [7, 11) is 0. The van der Waals surface area contributed by atoms with Crippen molar-refractivity contribution < 1.29 is 19.1 Å². The van der Waals surface area contributed by atoms with Gasteiger partial charge in [0, 0.05) is 29.3 Å². The predicted molar refractivity (Wildman–Crippen MR) is 97.2 cm³/mol. The van der Waals surface area contributed by atoms with Crippen molar-refractivity contribution in [2.45, 2.75) is 18.2 Å². The molecule has 1 aliphatic rings. The number of amides is 1. The lowest BCUT2D eigenvalue weighted by Crippen LogP contribution is -2.29. The van der Waals surface area contributed by atoms with Crippen LogP contribution in [0.2, 0.25) is 0 Å². The first kappa shape index (κ1) is 19.7. The molecule has 2 rings (SSSR count). The molecule has 0 aliphatic carbocycles. The van der Waals surface area contributed by atoms with Crippen molar-refractivity contribution in [2.24, 2.45) is 11.8 Å². The summed E-state index contributed by atoms with van der Waals surface area (Å²) >= 11 is 1.56. The van der Waals surface area contributed by atoms with E-state index in [2.05, 4.69) is 0 Å². The van der Waals surface area contributed by atoms with Gasteiger partial charge in [-0.25, -0.2) is 0 Å². The molecule has 1 unspecified atom stereocenters. The Morgan fingerprint density at radius 3 is 2.85 bits per heavy atom. The van der Waals surface area contributed by atoms with Crippen LogP contribution in [-0.2, 0) is 19.1 Å². The van der Waals surface area contributed by atoms with E-state index in [1.54, 1.807) is 23.9 Å². The van der Waals surface area contributed by atoms with Gasteiger partial charge in [-0.2, -0.15) is 5.26 Å². The lowest BCUT2D eigenvalue weighted by molar-refractivity contribution is -0.152. The van der Waals surface area contributed by atoms with E-state index in [0.29, 0.717) is 0 Å². The van der Waals surface area contributed by atoms with Gasteiger partial charge in [0.15, 0.2) is 12.4 Å². The molecule has 1 N–H and O–H groups in total. The van der Waals surface area contributed by atoms with E-state index in [1.807, 2.05) is 24.5 Å². The van der Waals surface area contributed by atoms with E-state index in [4.69, 9.17) is 15.4 Å². The van der Waals surface area contributed by atoms with Crippen molar-refractivity contribution in [2.75, 3.05) is 24.3 Å². The molecule has 1 fully saturated rings. The molecule has 0 bridgehead atoms. The van der Waals surface area contributed by atoms with Gasteiger partial charge in [-0.3, -0.25) is 14.4 Å². The Labute approximate surface area is 155 Å². The lowest BCUT2D eigenvalue weighted by atomic mass is 10.0. The highest BCUT2D eigenvalue weighted by atomic mass is 32.2. The number of ether oxygens (including phenoxy) is 1. The van der Waals surface area contributed by atoms with Crippen LogP contribution < -0.4 is 4.90 Å². The molecule has 0 saturated carbocycles. The molecular formula is C18H19N3O4S. The van der Waals surface area contributed by atoms with Gasteiger partial charge in [-0.15, -0.1) is 11.8 Å². The second-order valence-electron chi connectivity index (χ2n) is 5.93. The van der Waals surface area contributed by atoms with Gasteiger partial charge in [0.25, 0.3) is 0 Å². The summed E-state index contributed by atoms with van der Waals surface area (Å²) in [6.07, 6.45) is 1.95. The van der Waals surface area contributed by atoms with Gasteiger partial charge in [-0.05, 0) is 31.4 Å². The van der Waals surface area contributed by atoms with Gasteiger partial charge in [0.1, 0.15) is 5.92 Å². The molecule has 8 heteroatoms. The number of nitriles is 1. The van der Waals surface area contributed by atoms with Gasteiger partial charge in [0.05, 0.1) is 12.0 Å². The summed E-state index contributed by atoms with van der Waals surface area (Å²) in [6, 6.07) is 9.18. The monoisotopic (exact) mass is 373 g/mol. The van der Waals surface area contributed by atoms with E-state index in [-0.39, 0.29) is 24.6 Å². The van der Waals surface area contributed by atoms with Crippen LogP contribution in [0.15, 0.2) is 29.2 Å². The second-order valence-corrected chi connectivity index (χ2v) is 6.81. The molecule has 0 spiro atoms. The highest BCUT2D eigenvalue weighted by Crippen LogP contribution is 2.28. The lowest BCUT2D eigenvalue weighted by Gasteiger charge is -2.17. The Bertz CT molecular complexity index is 787. The largest absolute Gasteiger partial charge is 0.457 e. The molecule has 0 aromatic heterocycles. The first-order chi connectivity index (χ1) is 12.4. The van der Waals surface area contributed by atoms with E-state index in [0.717, 1.165) is 10.6 Å². The maximum Gasteiger partial charge on any atom is 0.311 e. The third-order valence-corrected chi connectivity index (χ3v) is 4.79. The zero-order chi connectivity index (χ0) is 19.3. The number of hydrogen-bond acceptors (Lipinski definition) is 7. The Kier molecular flexibility index (Phi) is 6.52. The topological polar surface area (TPSA) is 111 Å². The quantitative estimate of drug-likeness (QED) is 0.445. The van der Waals surface area contributed by atoms with Crippen LogP contribution in [0, 0.1) is 28.6 Å². The van der Waals surface area contributed by atoms with Crippen molar-refractivity contribution in [1.29, 1.82) is 10.7 Å². The molecule has 2 atom stereocenters. The molecule has 136 valence electrons. The highest BCUT2D eigenvalue weighted by molar-refractivity contribution is 7.98. The third kappa shape index (κ3) is 4.49. The Balaban J connectivity index is 1.97. The van der Waals surface area contributed by atoms with Crippen LogP contribution in [0.5, 0.6) is 0 Å². The average Bonchev–Trinajstić information content (AvgIpc) is 3.01. The van der Waals surface area contributed by atoms with Gasteiger partial charge in [0.2, 0.25) is 5.91 Å². The minimum absolute atomic E-state index is 0.0157. The zero-order valence-corrected chi connectivity index (χ0v) is 15.3. The predicted octanol–water partition coefficient (Wildman–Crippen LogP) is 2.05. The summed E-state index contributed by atoms with van der Waals surface area (Å²) < 4.78 is 4.98. The fourth-order valence-electron chi connectivity index (χ4n) is 2.65. The second kappa shape index (κ2) is 8.63. The van der Waals surface area contributed by atoms with Crippen molar-refractivity contribution in [3.8, 4) is 6.07 Å². The minimum Gasteiger partial charge on any atom is -0.457 e. The fraction of sp³-hybridized carbons (Fsp3) is 0.389. The minimum atomic E-state index is -1.21. The summed E-state index contributed by atoms with van der Waals surface area (Å²) in [5.74, 6) is -3.33. The SMILES string of the molecule is CSc1cccc(N2C[C@@H](C(=O)OCC(=O)C(C#N)C(C)=N)CC2=O)c1. The number of benzene rings is 1. The molecule has 1 aliphatic heterocycles. The number of ketones is 1. The zero-order valence-electron chi connectivity index (χ0n) is 14.5. The maximum atomic E-state index is 12.2. The van der Waals surface area contributed by atoms with Gasteiger partial charge in [-0.1, -0.05) is 6.07 Å². The number of nitrogens with zero attached hydrogens (tertiary/aromatic N) is 2. The summed E-state index contributed by atoms with van der Waals surface area (Å²) in [6.45, 7) is 0.971. The number of Topliss-reactive ketones (excluding diaryl/α,β-unsaturated/α-hetero) is 1. The third-order valence-electron chi connectivity index (χ3n) is 4.06. The Morgan fingerprint density at radius 2 is 2.23 bits per heavy atom. The van der Waals surface area contributed by atoms with Crippen LogP contribution in [0.4, 0.5) is 5.69 Å². The van der Waals surface area contributed by atoms with Crippen molar-refractivity contribution >= 4 is 40.8 Å². The summed E-state index contributed by atoms with van der Waals surface area (Å²) in [5.41, 5.74) is 0.627. The standard InChI is InChI=1S/C18H19N3O4S/c1-11(20)15(8-19)16(22)10-25-18(24)12-6-17(23)21(9-12)13-4-3-5-14(7-13)26-2/h3-5,7,12,15,20H,6,9-10H2,1-2H3/t12-,15?/m0/s1. The number of thioether (sulfide) groups is 1. The van der Waals surface area contributed by atoms with Crippen molar-refractivity contribution in [3.05, 3.63) is 24.3 Å².